The van der Waals surface area contributed by atoms with Gasteiger partial charge in [0, 0.05) is 16.8 Å². The number of nitrogens with one attached hydrogen (secondary N) is 2. The number of amides is 2. The molecule has 0 unspecified atom stereocenters. The second-order valence-corrected chi connectivity index (χ2v) is 7.30. The highest BCUT2D eigenvalue weighted by atomic mass is 35.5. The topological polar surface area (TPSA) is 93.7 Å². The van der Waals surface area contributed by atoms with E-state index in [4.69, 9.17) is 21.1 Å². The number of hydrogen-bond donors (Lipinski definition) is 2. The van der Waals surface area contributed by atoms with E-state index in [1.165, 1.54) is 31.4 Å². The summed E-state index contributed by atoms with van der Waals surface area (Å²) in [7, 11) is 1.46. The molecule has 7 nitrogen and oxygen atoms in total. The predicted octanol–water partition coefficient (Wildman–Crippen LogP) is 3.78. The van der Waals surface area contributed by atoms with Crippen LogP contribution in [0.5, 0.6) is 5.75 Å². The number of benzene rings is 1. The lowest BCUT2D eigenvalue weighted by atomic mass is 10.1. The average molecular weight is 411 g/mol. The van der Waals surface area contributed by atoms with Crippen LogP contribution in [0.1, 0.15) is 27.7 Å². The second-order valence-electron chi connectivity index (χ2n) is 5.64. The van der Waals surface area contributed by atoms with Crippen molar-refractivity contribution in [1.82, 2.24) is 0 Å². The van der Waals surface area contributed by atoms with Gasteiger partial charge in [-0.25, -0.2) is 4.79 Å². The smallest absolute Gasteiger partial charge is 0.341 e. The van der Waals surface area contributed by atoms with Crippen molar-refractivity contribution in [2.24, 2.45) is 0 Å². The minimum absolute atomic E-state index is 0.251. The zero-order chi connectivity index (χ0) is 20.1. The van der Waals surface area contributed by atoms with Gasteiger partial charge in [0.05, 0.1) is 18.4 Å². The SMILES string of the molecule is COc1ccc(Cl)cc1NC(=O)COC(=O)c1c(NC(C)=O)sc(C)c1C. The van der Waals surface area contributed by atoms with Gasteiger partial charge in [0.25, 0.3) is 5.91 Å². The zero-order valence-corrected chi connectivity index (χ0v) is 16.8. The Morgan fingerprint density at radius 2 is 1.89 bits per heavy atom. The molecule has 0 spiro atoms. The Hall–Kier alpha value is -2.58. The van der Waals surface area contributed by atoms with Gasteiger partial charge in [0.2, 0.25) is 5.91 Å². The fourth-order valence-corrected chi connectivity index (χ4v) is 3.55. The molecule has 0 aliphatic heterocycles. The van der Waals surface area contributed by atoms with Crippen molar-refractivity contribution in [1.29, 1.82) is 0 Å². The van der Waals surface area contributed by atoms with Crippen LogP contribution < -0.4 is 15.4 Å². The molecule has 0 aliphatic rings. The first-order valence-corrected chi connectivity index (χ1v) is 9.10. The van der Waals surface area contributed by atoms with E-state index in [9.17, 15) is 14.4 Å². The van der Waals surface area contributed by atoms with Crippen LogP contribution in [0.4, 0.5) is 10.7 Å². The summed E-state index contributed by atoms with van der Waals surface area (Å²) in [5.41, 5.74) is 1.32. The monoisotopic (exact) mass is 410 g/mol. The highest BCUT2D eigenvalue weighted by Crippen LogP contribution is 2.33. The fraction of sp³-hybridized carbons (Fsp3) is 0.278. The molecule has 2 amide bonds. The highest BCUT2D eigenvalue weighted by molar-refractivity contribution is 7.16. The molecule has 27 heavy (non-hydrogen) atoms. The molecule has 0 saturated heterocycles. The Kier molecular flexibility index (Phi) is 6.81. The van der Waals surface area contributed by atoms with Crippen LogP contribution in [0.2, 0.25) is 5.02 Å². The molecule has 2 N–H and O–H groups in total. The van der Waals surface area contributed by atoms with Crippen molar-refractivity contribution < 1.29 is 23.9 Å². The normalized spacial score (nSPS) is 10.3. The maximum absolute atomic E-state index is 12.4. The van der Waals surface area contributed by atoms with Gasteiger partial charge in [-0.1, -0.05) is 11.6 Å². The lowest BCUT2D eigenvalue weighted by Gasteiger charge is -2.11. The first-order chi connectivity index (χ1) is 12.7. The Balaban J connectivity index is 2.07. The lowest BCUT2D eigenvalue weighted by Crippen LogP contribution is -2.22. The molecular formula is C18H19ClN2O5S. The van der Waals surface area contributed by atoms with Crippen LogP contribution in [-0.2, 0) is 14.3 Å². The number of halogens is 1. The number of esters is 1. The summed E-state index contributed by atoms with van der Waals surface area (Å²) in [5.74, 6) is -1.10. The Bertz CT molecular complexity index is 894. The van der Waals surface area contributed by atoms with Crippen molar-refractivity contribution in [3.8, 4) is 5.75 Å². The van der Waals surface area contributed by atoms with Crippen LogP contribution in [0, 0.1) is 13.8 Å². The summed E-state index contributed by atoms with van der Waals surface area (Å²) in [6, 6.07) is 4.77. The first-order valence-electron chi connectivity index (χ1n) is 7.91. The van der Waals surface area contributed by atoms with Gasteiger partial charge in [0.1, 0.15) is 10.8 Å². The molecule has 0 bridgehead atoms. The highest BCUT2D eigenvalue weighted by Gasteiger charge is 2.22. The molecule has 1 aromatic carbocycles. The summed E-state index contributed by atoms with van der Waals surface area (Å²) in [6.45, 7) is 4.44. The van der Waals surface area contributed by atoms with Gasteiger partial charge in [-0.15, -0.1) is 11.3 Å². The van der Waals surface area contributed by atoms with E-state index in [0.29, 0.717) is 27.0 Å². The Morgan fingerprint density at radius 3 is 2.52 bits per heavy atom. The van der Waals surface area contributed by atoms with Crippen molar-refractivity contribution in [2.45, 2.75) is 20.8 Å². The molecule has 2 aromatic rings. The van der Waals surface area contributed by atoms with Crippen molar-refractivity contribution in [3.05, 3.63) is 39.2 Å². The van der Waals surface area contributed by atoms with Crippen LogP contribution in [0.25, 0.3) is 0 Å². The molecule has 0 fully saturated rings. The van der Waals surface area contributed by atoms with Crippen LogP contribution >= 0.6 is 22.9 Å². The number of rotatable bonds is 6. The third-order valence-electron chi connectivity index (χ3n) is 3.65. The van der Waals surface area contributed by atoms with E-state index in [1.807, 2.05) is 6.92 Å². The first kappa shape index (κ1) is 20.7. The van der Waals surface area contributed by atoms with Gasteiger partial charge in [0.15, 0.2) is 6.61 Å². The average Bonchev–Trinajstić information content (AvgIpc) is 2.86. The summed E-state index contributed by atoms with van der Waals surface area (Å²) >= 11 is 7.19. The minimum Gasteiger partial charge on any atom is -0.495 e. The van der Waals surface area contributed by atoms with Crippen molar-refractivity contribution in [2.75, 3.05) is 24.4 Å². The molecule has 1 aromatic heterocycles. The van der Waals surface area contributed by atoms with Gasteiger partial charge < -0.3 is 20.1 Å². The van der Waals surface area contributed by atoms with Crippen molar-refractivity contribution in [3.63, 3.8) is 0 Å². The second kappa shape index (κ2) is 8.88. The molecule has 2 rings (SSSR count). The quantitative estimate of drug-likeness (QED) is 0.707. The molecular weight excluding hydrogens is 392 g/mol. The van der Waals surface area contributed by atoms with Gasteiger partial charge in [-0.3, -0.25) is 9.59 Å². The van der Waals surface area contributed by atoms with Gasteiger partial charge in [-0.05, 0) is 37.6 Å². The van der Waals surface area contributed by atoms with E-state index in [-0.39, 0.29) is 11.5 Å². The van der Waals surface area contributed by atoms with E-state index in [2.05, 4.69) is 10.6 Å². The molecule has 0 aliphatic carbocycles. The van der Waals surface area contributed by atoms with Gasteiger partial charge >= 0.3 is 5.97 Å². The minimum atomic E-state index is -0.686. The number of methoxy groups -OCH3 is 1. The standard InChI is InChI=1S/C18H19ClN2O5S/c1-9-10(2)27-17(20-11(3)22)16(9)18(24)26-8-15(23)21-13-7-12(19)5-6-14(13)25-4/h5-7H,8H2,1-4H3,(H,20,22)(H,21,23). The number of anilines is 2. The van der Waals surface area contributed by atoms with Crippen LogP contribution in [0.15, 0.2) is 18.2 Å². The van der Waals surface area contributed by atoms with Crippen molar-refractivity contribution >= 4 is 51.4 Å². The van der Waals surface area contributed by atoms with Crippen LogP contribution in [0.3, 0.4) is 0 Å². The summed E-state index contributed by atoms with van der Waals surface area (Å²) in [5, 5.41) is 6.02. The maximum atomic E-state index is 12.4. The lowest BCUT2D eigenvalue weighted by molar-refractivity contribution is -0.119. The summed E-state index contributed by atoms with van der Waals surface area (Å²) in [6.07, 6.45) is 0. The third-order valence-corrected chi connectivity index (χ3v) is 5.01. The molecule has 0 saturated carbocycles. The van der Waals surface area contributed by atoms with E-state index in [1.54, 1.807) is 19.1 Å². The third kappa shape index (κ3) is 5.21. The predicted molar refractivity (Wildman–Crippen MR) is 105 cm³/mol. The molecule has 144 valence electrons. The van der Waals surface area contributed by atoms with E-state index >= 15 is 0 Å². The van der Waals surface area contributed by atoms with E-state index < -0.39 is 18.5 Å². The number of carbonyl (C=O) groups excluding carboxylic acids is 3. The fourth-order valence-electron chi connectivity index (χ4n) is 2.29. The number of thiophene rings is 1. The number of aryl methyl sites for hydroxylation is 1. The zero-order valence-electron chi connectivity index (χ0n) is 15.3. The molecule has 0 atom stereocenters. The maximum Gasteiger partial charge on any atom is 0.341 e. The Morgan fingerprint density at radius 1 is 1.19 bits per heavy atom. The largest absolute Gasteiger partial charge is 0.495 e. The van der Waals surface area contributed by atoms with Gasteiger partial charge in [-0.2, -0.15) is 0 Å². The molecule has 1 heterocycles. The number of ether oxygens (including phenoxy) is 2. The number of carbonyl (C=O) groups is 3. The number of hydrogen-bond acceptors (Lipinski definition) is 6. The molecule has 0 radical (unpaired) electrons. The summed E-state index contributed by atoms with van der Waals surface area (Å²) < 4.78 is 10.3. The van der Waals surface area contributed by atoms with E-state index in [0.717, 1.165) is 4.88 Å². The summed E-state index contributed by atoms with van der Waals surface area (Å²) in [4.78, 5) is 36.7. The van der Waals surface area contributed by atoms with Crippen LogP contribution in [-0.4, -0.2) is 31.5 Å². The Labute approximate surface area is 165 Å². The molecule has 9 heteroatoms.